The Bertz CT molecular complexity index is 535. The zero-order valence-corrected chi connectivity index (χ0v) is 13.3. The van der Waals surface area contributed by atoms with Crippen molar-refractivity contribution in [1.82, 2.24) is 15.2 Å². The third-order valence-electron chi connectivity index (χ3n) is 3.09. The van der Waals surface area contributed by atoms with E-state index in [0.29, 0.717) is 29.8 Å². The number of rotatable bonds is 6. The standard InChI is InChI=1S/C13H17ClN4O2S/c1-2-21-9-11(18(19)20)13-15-5-6-17(13)8-10-3-4-12(14)16-7-10/h3-4,7,15H,2,5-6,8-9H2,1H3/b13-11+. The fourth-order valence-electron chi connectivity index (χ4n) is 2.10. The van der Waals surface area contributed by atoms with Crippen LogP contribution in [0.15, 0.2) is 29.8 Å². The highest BCUT2D eigenvalue weighted by Gasteiger charge is 2.27. The predicted molar refractivity (Wildman–Crippen MR) is 84.7 cm³/mol. The van der Waals surface area contributed by atoms with Gasteiger partial charge in [-0.05, 0) is 17.4 Å². The topological polar surface area (TPSA) is 71.3 Å². The van der Waals surface area contributed by atoms with E-state index in [9.17, 15) is 10.1 Å². The number of pyridine rings is 1. The van der Waals surface area contributed by atoms with Gasteiger partial charge in [0.05, 0.1) is 10.7 Å². The summed E-state index contributed by atoms with van der Waals surface area (Å²) in [5.74, 6) is 1.88. The maximum atomic E-state index is 11.3. The summed E-state index contributed by atoms with van der Waals surface area (Å²) < 4.78 is 0. The van der Waals surface area contributed by atoms with Crippen molar-refractivity contribution in [3.63, 3.8) is 0 Å². The zero-order chi connectivity index (χ0) is 15.2. The van der Waals surface area contributed by atoms with Crippen LogP contribution in [0.3, 0.4) is 0 Å². The summed E-state index contributed by atoms with van der Waals surface area (Å²) in [6.07, 6.45) is 1.70. The molecule has 8 heteroatoms. The lowest BCUT2D eigenvalue weighted by Crippen LogP contribution is -2.24. The minimum atomic E-state index is -0.288. The van der Waals surface area contributed by atoms with E-state index in [-0.39, 0.29) is 10.6 Å². The van der Waals surface area contributed by atoms with Gasteiger partial charge in [-0.15, -0.1) is 0 Å². The van der Waals surface area contributed by atoms with Crippen LogP contribution in [0.5, 0.6) is 0 Å². The minimum absolute atomic E-state index is 0.237. The molecule has 114 valence electrons. The van der Waals surface area contributed by atoms with Crippen molar-refractivity contribution in [2.45, 2.75) is 13.5 Å². The number of thioether (sulfide) groups is 1. The third-order valence-corrected chi connectivity index (χ3v) is 4.20. The van der Waals surface area contributed by atoms with E-state index < -0.39 is 0 Å². The Morgan fingerprint density at radius 2 is 2.43 bits per heavy atom. The monoisotopic (exact) mass is 328 g/mol. The average molecular weight is 329 g/mol. The van der Waals surface area contributed by atoms with Crippen LogP contribution in [0, 0.1) is 10.1 Å². The summed E-state index contributed by atoms with van der Waals surface area (Å²) in [4.78, 5) is 17.0. The number of halogens is 1. The first-order valence-corrected chi connectivity index (χ1v) is 8.19. The van der Waals surface area contributed by atoms with Crippen LogP contribution in [0.25, 0.3) is 0 Å². The number of aromatic nitrogens is 1. The Morgan fingerprint density at radius 3 is 3.05 bits per heavy atom. The van der Waals surface area contributed by atoms with Crippen LogP contribution in [-0.4, -0.2) is 39.4 Å². The van der Waals surface area contributed by atoms with Gasteiger partial charge in [-0.25, -0.2) is 4.98 Å². The molecule has 21 heavy (non-hydrogen) atoms. The van der Waals surface area contributed by atoms with Crippen molar-refractivity contribution in [1.29, 1.82) is 0 Å². The highest BCUT2D eigenvalue weighted by atomic mass is 35.5. The maximum absolute atomic E-state index is 11.3. The molecule has 0 radical (unpaired) electrons. The Labute approximate surface area is 132 Å². The highest BCUT2D eigenvalue weighted by molar-refractivity contribution is 7.99. The highest BCUT2D eigenvalue weighted by Crippen LogP contribution is 2.20. The summed E-state index contributed by atoms with van der Waals surface area (Å²) in [7, 11) is 0. The molecule has 1 aromatic heterocycles. The molecule has 0 spiro atoms. The van der Waals surface area contributed by atoms with Crippen molar-refractivity contribution in [2.24, 2.45) is 0 Å². The maximum Gasteiger partial charge on any atom is 0.295 e. The Balaban J connectivity index is 2.17. The molecule has 0 amide bonds. The Hall–Kier alpha value is -1.47. The molecule has 0 aromatic carbocycles. The predicted octanol–water partition coefficient (Wildman–Crippen LogP) is 2.34. The number of nitro groups is 1. The fourth-order valence-corrected chi connectivity index (χ4v) is 2.85. The second kappa shape index (κ2) is 7.51. The van der Waals surface area contributed by atoms with Crippen LogP contribution >= 0.6 is 23.4 Å². The molecule has 2 rings (SSSR count). The first kappa shape index (κ1) is 15.9. The second-order valence-corrected chi connectivity index (χ2v) is 6.19. The fraction of sp³-hybridized carbons (Fsp3) is 0.462. The largest absolute Gasteiger partial charge is 0.365 e. The molecule has 0 bridgehead atoms. The normalized spacial score (nSPS) is 16.8. The lowest BCUT2D eigenvalue weighted by molar-refractivity contribution is -0.425. The molecular weight excluding hydrogens is 312 g/mol. The van der Waals surface area contributed by atoms with Gasteiger partial charge in [0, 0.05) is 25.8 Å². The van der Waals surface area contributed by atoms with Gasteiger partial charge in [-0.3, -0.25) is 10.1 Å². The van der Waals surface area contributed by atoms with E-state index in [4.69, 9.17) is 11.6 Å². The van der Waals surface area contributed by atoms with Crippen LogP contribution in [0.2, 0.25) is 5.15 Å². The molecule has 0 saturated carbocycles. The smallest absolute Gasteiger partial charge is 0.295 e. The quantitative estimate of drug-likeness (QED) is 0.491. The van der Waals surface area contributed by atoms with Crippen molar-refractivity contribution >= 4 is 23.4 Å². The minimum Gasteiger partial charge on any atom is -0.365 e. The van der Waals surface area contributed by atoms with Crippen molar-refractivity contribution in [3.8, 4) is 0 Å². The third kappa shape index (κ3) is 4.25. The van der Waals surface area contributed by atoms with E-state index in [0.717, 1.165) is 17.9 Å². The van der Waals surface area contributed by atoms with Gasteiger partial charge in [-0.1, -0.05) is 24.6 Å². The average Bonchev–Trinajstić information content (AvgIpc) is 2.90. The SMILES string of the molecule is CCSC/C(=C1/NCCN1Cc1ccc(Cl)nc1)[N+](=O)[O-]. The van der Waals surface area contributed by atoms with Crippen LogP contribution in [-0.2, 0) is 6.54 Å². The van der Waals surface area contributed by atoms with Crippen molar-refractivity contribution in [3.05, 3.63) is 50.7 Å². The number of nitrogens with zero attached hydrogens (tertiary/aromatic N) is 3. The summed E-state index contributed by atoms with van der Waals surface area (Å²) in [6.45, 7) is 4.03. The van der Waals surface area contributed by atoms with Crippen LogP contribution < -0.4 is 5.32 Å². The summed E-state index contributed by atoms with van der Waals surface area (Å²) >= 11 is 7.31. The lowest BCUT2D eigenvalue weighted by atomic mass is 10.2. The summed E-state index contributed by atoms with van der Waals surface area (Å²) in [5, 5.41) is 14.8. The number of nitrogens with one attached hydrogen (secondary N) is 1. The number of hydrogen-bond acceptors (Lipinski definition) is 6. The molecule has 1 aromatic rings. The molecule has 6 nitrogen and oxygen atoms in total. The first-order chi connectivity index (χ1) is 10.1. The van der Waals surface area contributed by atoms with Gasteiger partial charge in [0.15, 0.2) is 5.82 Å². The first-order valence-electron chi connectivity index (χ1n) is 6.66. The van der Waals surface area contributed by atoms with E-state index in [1.54, 1.807) is 24.0 Å². The molecule has 1 N–H and O–H groups in total. The van der Waals surface area contributed by atoms with E-state index in [2.05, 4.69) is 10.3 Å². The second-order valence-electron chi connectivity index (χ2n) is 4.53. The molecule has 0 unspecified atom stereocenters. The molecule has 0 atom stereocenters. The Morgan fingerprint density at radius 1 is 1.62 bits per heavy atom. The van der Waals surface area contributed by atoms with Gasteiger partial charge in [0.1, 0.15) is 5.15 Å². The van der Waals surface area contributed by atoms with Gasteiger partial charge in [0.2, 0.25) is 0 Å². The van der Waals surface area contributed by atoms with Gasteiger partial charge < -0.3 is 10.2 Å². The van der Waals surface area contributed by atoms with Crippen molar-refractivity contribution in [2.75, 3.05) is 24.6 Å². The Kier molecular flexibility index (Phi) is 5.69. The molecular formula is C13H17ClN4O2S. The van der Waals surface area contributed by atoms with E-state index >= 15 is 0 Å². The lowest BCUT2D eigenvalue weighted by Gasteiger charge is -2.18. The zero-order valence-electron chi connectivity index (χ0n) is 11.7. The summed E-state index contributed by atoms with van der Waals surface area (Å²) in [6, 6.07) is 3.61. The van der Waals surface area contributed by atoms with Crippen molar-refractivity contribution < 1.29 is 4.92 Å². The summed E-state index contributed by atoms with van der Waals surface area (Å²) in [5.41, 5.74) is 1.22. The molecule has 1 aliphatic heterocycles. The number of hydrogen-bond donors (Lipinski definition) is 1. The van der Waals surface area contributed by atoms with Crippen LogP contribution in [0.1, 0.15) is 12.5 Å². The molecule has 1 aliphatic rings. The molecule has 1 fully saturated rings. The van der Waals surface area contributed by atoms with Gasteiger partial charge in [-0.2, -0.15) is 11.8 Å². The van der Waals surface area contributed by atoms with Gasteiger partial charge >= 0.3 is 0 Å². The van der Waals surface area contributed by atoms with E-state index in [1.807, 2.05) is 17.9 Å². The van der Waals surface area contributed by atoms with Crippen LogP contribution in [0.4, 0.5) is 0 Å². The molecule has 0 aliphatic carbocycles. The molecule has 2 heterocycles. The van der Waals surface area contributed by atoms with E-state index in [1.165, 1.54) is 0 Å². The van der Waals surface area contributed by atoms with Gasteiger partial charge in [0.25, 0.3) is 5.70 Å². The molecule has 1 saturated heterocycles.